The van der Waals surface area contributed by atoms with E-state index in [0.717, 1.165) is 17.7 Å². The lowest BCUT2D eigenvalue weighted by Gasteiger charge is -2.28. The number of carbonyl (C=O) groups is 3. The molecule has 1 aliphatic carbocycles. The number of hydrogen-bond donors (Lipinski definition) is 0. The molecule has 2 fully saturated rings. The van der Waals surface area contributed by atoms with Gasteiger partial charge in [0, 0.05) is 12.6 Å². The minimum Gasteiger partial charge on any atom is -0.313 e. The Morgan fingerprint density at radius 2 is 1.86 bits per heavy atom. The molecule has 5 heteroatoms. The van der Waals surface area contributed by atoms with Crippen molar-refractivity contribution >= 4 is 17.7 Å². The lowest BCUT2D eigenvalue weighted by molar-refractivity contribution is -0.132. The maximum Gasteiger partial charge on any atom is 0.327 e. The number of urea groups is 1. The van der Waals surface area contributed by atoms with E-state index in [9.17, 15) is 14.4 Å². The number of Topliss-reactive ketones (excluding diaryl/α,β-unsaturated/α-hetero) is 1. The van der Waals surface area contributed by atoms with E-state index in [2.05, 4.69) is 0 Å². The molecular formula is C17H20N2O3. The van der Waals surface area contributed by atoms with E-state index < -0.39 is 5.54 Å². The second kappa shape index (κ2) is 5.23. The minimum atomic E-state index is -0.810. The minimum absolute atomic E-state index is 0.188. The number of likely N-dealkylation sites (N-methyl/N-ethyl adjacent to an activating group) is 1. The van der Waals surface area contributed by atoms with Crippen molar-refractivity contribution in [1.29, 1.82) is 0 Å². The highest BCUT2D eigenvalue weighted by Crippen LogP contribution is 2.41. The summed E-state index contributed by atoms with van der Waals surface area (Å²) in [5.41, 5.74) is -0.295. The van der Waals surface area contributed by atoms with Crippen molar-refractivity contribution in [3.05, 3.63) is 35.9 Å². The highest BCUT2D eigenvalue weighted by Gasteiger charge is 2.54. The Balaban J connectivity index is 1.78. The molecule has 5 nitrogen and oxygen atoms in total. The molecular weight excluding hydrogens is 280 g/mol. The predicted octanol–water partition coefficient (Wildman–Crippen LogP) is 2.32. The quantitative estimate of drug-likeness (QED) is 0.619. The molecule has 0 radical (unpaired) electrons. The Labute approximate surface area is 129 Å². The summed E-state index contributed by atoms with van der Waals surface area (Å²) < 4.78 is 0. The first-order valence-corrected chi connectivity index (χ1v) is 7.61. The Bertz CT molecular complexity index is 624. The van der Waals surface area contributed by atoms with Crippen LogP contribution in [0.1, 0.15) is 36.5 Å². The van der Waals surface area contributed by atoms with Crippen LogP contribution in [0.5, 0.6) is 0 Å². The lowest BCUT2D eigenvalue weighted by atomic mass is 9.93. The summed E-state index contributed by atoms with van der Waals surface area (Å²) in [6, 6.07) is 8.37. The first-order valence-electron chi connectivity index (χ1n) is 7.61. The normalized spacial score (nSPS) is 25.0. The van der Waals surface area contributed by atoms with E-state index in [1.54, 1.807) is 38.2 Å². The molecule has 22 heavy (non-hydrogen) atoms. The van der Waals surface area contributed by atoms with Crippen molar-refractivity contribution in [2.45, 2.75) is 31.7 Å². The van der Waals surface area contributed by atoms with Crippen molar-refractivity contribution in [1.82, 2.24) is 9.80 Å². The maximum absolute atomic E-state index is 12.7. The van der Waals surface area contributed by atoms with Crippen LogP contribution >= 0.6 is 0 Å². The van der Waals surface area contributed by atoms with Crippen LogP contribution in [0.15, 0.2) is 30.3 Å². The van der Waals surface area contributed by atoms with Gasteiger partial charge in [-0.05, 0) is 19.3 Å². The summed E-state index contributed by atoms with van der Waals surface area (Å²) in [5, 5.41) is 0. The van der Waals surface area contributed by atoms with Crippen LogP contribution < -0.4 is 0 Å². The van der Waals surface area contributed by atoms with Gasteiger partial charge >= 0.3 is 6.03 Å². The van der Waals surface area contributed by atoms with E-state index in [1.807, 2.05) is 6.07 Å². The average molecular weight is 300 g/mol. The summed E-state index contributed by atoms with van der Waals surface area (Å²) in [7, 11) is 1.65. The van der Waals surface area contributed by atoms with E-state index in [1.165, 1.54) is 4.90 Å². The van der Waals surface area contributed by atoms with Crippen LogP contribution in [0.3, 0.4) is 0 Å². The molecule has 3 rings (SSSR count). The second-order valence-electron chi connectivity index (χ2n) is 6.44. The van der Waals surface area contributed by atoms with Gasteiger partial charge in [-0.3, -0.25) is 14.5 Å². The highest BCUT2D eigenvalue weighted by atomic mass is 16.2. The fourth-order valence-electron chi connectivity index (χ4n) is 3.02. The summed E-state index contributed by atoms with van der Waals surface area (Å²) >= 11 is 0. The standard InChI is InChI=1S/C17H20N2O3/c1-17(10-12-8-9-12)15(21)19(16(22)18(17)2)11-14(20)13-6-4-3-5-7-13/h3-7,12H,8-11H2,1-2H3. The molecule has 1 unspecified atom stereocenters. The summed E-state index contributed by atoms with van der Waals surface area (Å²) in [6.07, 6.45) is 2.92. The largest absolute Gasteiger partial charge is 0.327 e. The maximum atomic E-state index is 12.7. The molecule has 1 saturated carbocycles. The van der Waals surface area contributed by atoms with Crippen molar-refractivity contribution in [2.24, 2.45) is 5.92 Å². The van der Waals surface area contributed by atoms with Crippen LogP contribution in [0.4, 0.5) is 4.79 Å². The van der Waals surface area contributed by atoms with E-state index >= 15 is 0 Å². The van der Waals surface area contributed by atoms with E-state index in [4.69, 9.17) is 0 Å². The Morgan fingerprint density at radius 1 is 1.23 bits per heavy atom. The molecule has 0 bridgehead atoms. The summed E-state index contributed by atoms with van der Waals surface area (Å²) in [4.78, 5) is 39.9. The average Bonchev–Trinajstić information content (AvgIpc) is 3.32. The number of carbonyl (C=O) groups excluding carboxylic acids is 3. The van der Waals surface area contributed by atoms with Crippen molar-refractivity contribution < 1.29 is 14.4 Å². The fourth-order valence-corrected chi connectivity index (χ4v) is 3.02. The second-order valence-corrected chi connectivity index (χ2v) is 6.44. The zero-order valence-corrected chi connectivity index (χ0v) is 12.9. The molecule has 1 atom stereocenters. The third-order valence-corrected chi connectivity index (χ3v) is 4.74. The first kappa shape index (κ1) is 14.8. The van der Waals surface area contributed by atoms with E-state index in [-0.39, 0.29) is 24.3 Å². The summed E-state index contributed by atoms with van der Waals surface area (Å²) in [6.45, 7) is 1.62. The van der Waals surface area contributed by atoms with Gasteiger partial charge in [-0.25, -0.2) is 4.79 Å². The van der Waals surface area contributed by atoms with E-state index in [0.29, 0.717) is 17.9 Å². The zero-order chi connectivity index (χ0) is 15.9. The highest BCUT2D eigenvalue weighted by molar-refractivity contribution is 6.10. The number of hydrogen-bond acceptors (Lipinski definition) is 3. The molecule has 2 aliphatic rings. The van der Waals surface area contributed by atoms with Crippen LogP contribution in [0, 0.1) is 5.92 Å². The van der Waals surface area contributed by atoms with Crippen molar-refractivity contribution in [3.63, 3.8) is 0 Å². The van der Waals surface area contributed by atoms with Gasteiger partial charge in [0.2, 0.25) is 0 Å². The van der Waals surface area contributed by atoms with Crippen LogP contribution in [0.25, 0.3) is 0 Å². The Morgan fingerprint density at radius 3 is 2.45 bits per heavy atom. The molecule has 1 saturated heterocycles. The molecule has 1 heterocycles. The number of amides is 3. The van der Waals surface area contributed by atoms with Gasteiger partial charge in [-0.2, -0.15) is 0 Å². The number of imide groups is 1. The van der Waals surface area contributed by atoms with Gasteiger partial charge < -0.3 is 4.90 Å². The molecule has 1 aromatic carbocycles. The van der Waals surface area contributed by atoms with Crippen LogP contribution in [0.2, 0.25) is 0 Å². The first-order chi connectivity index (χ1) is 10.4. The molecule has 3 amide bonds. The van der Waals surface area contributed by atoms with Crippen LogP contribution in [-0.4, -0.2) is 46.7 Å². The number of benzene rings is 1. The molecule has 116 valence electrons. The molecule has 0 spiro atoms. The molecule has 0 aromatic heterocycles. The van der Waals surface area contributed by atoms with Gasteiger partial charge in [0.15, 0.2) is 5.78 Å². The number of ketones is 1. The predicted molar refractivity (Wildman–Crippen MR) is 81.4 cm³/mol. The van der Waals surface area contributed by atoms with Gasteiger partial charge in [-0.15, -0.1) is 0 Å². The smallest absolute Gasteiger partial charge is 0.313 e. The topological polar surface area (TPSA) is 57.7 Å². The van der Waals surface area contributed by atoms with Gasteiger partial charge in [0.05, 0.1) is 6.54 Å². The fraction of sp³-hybridized carbons (Fsp3) is 0.471. The van der Waals surface area contributed by atoms with Crippen molar-refractivity contribution in [2.75, 3.05) is 13.6 Å². The van der Waals surface area contributed by atoms with Gasteiger partial charge in [-0.1, -0.05) is 43.2 Å². The monoisotopic (exact) mass is 300 g/mol. The molecule has 0 N–H and O–H groups in total. The Hall–Kier alpha value is -2.17. The molecule has 1 aliphatic heterocycles. The van der Waals surface area contributed by atoms with Gasteiger partial charge in [0.1, 0.15) is 5.54 Å². The number of rotatable bonds is 5. The SMILES string of the molecule is CN1C(=O)N(CC(=O)c2ccccc2)C(=O)C1(C)CC1CC1. The summed E-state index contributed by atoms with van der Waals surface area (Å²) in [5.74, 6) is 0.0523. The lowest BCUT2D eigenvalue weighted by Crippen LogP contribution is -2.45. The van der Waals surface area contributed by atoms with Crippen LogP contribution in [-0.2, 0) is 4.79 Å². The third-order valence-electron chi connectivity index (χ3n) is 4.74. The Kier molecular flexibility index (Phi) is 3.51. The number of nitrogens with zero attached hydrogens (tertiary/aromatic N) is 2. The van der Waals surface area contributed by atoms with Gasteiger partial charge in [0.25, 0.3) is 5.91 Å². The zero-order valence-electron chi connectivity index (χ0n) is 12.9. The van der Waals surface area contributed by atoms with Crippen molar-refractivity contribution in [3.8, 4) is 0 Å². The molecule has 1 aromatic rings. The third kappa shape index (κ3) is 2.40.